The molecule has 1 N–H and O–H groups in total. The molecule has 6 heteroatoms. The molecule has 2 atom stereocenters. The summed E-state index contributed by atoms with van der Waals surface area (Å²) in [5.41, 5.74) is 0.206. The quantitative estimate of drug-likeness (QED) is 0.840. The van der Waals surface area contributed by atoms with Gasteiger partial charge in [0.25, 0.3) is 5.91 Å². The number of rotatable bonds is 3. The molecule has 1 aliphatic carbocycles. The molecule has 1 heterocycles. The third-order valence-corrected chi connectivity index (χ3v) is 4.09. The van der Waals surface area contributed by atoms with E-state index in [0.29, 0.717) is 17.9 Å². The number of imide groups is 1. The van der Waals surface area contributed by atoms with E-state index in [2.05, 4.69) is 5.32 Å². The molecule has 0 radical (unpaired) electrons. The van der Waals surface area contributed by atoms with Gasteiger partial charge in [0.05, 0.1) is 14.2 Å². The van der Waals surface area contributed by atoms with Crippen LogP contribution in [-0.2, 0) is 4.79 Å². The van der Waals surface area contributed by atoms with Gasteiger partial charge >= 0.3 is 6.03 Å². The summed E-state index contributed by atoms with van der Waals surface area (Å²) in [5, 5.41) is 2.78. The summed E-state index contributed by atoms with van der Waals surface area (Å²) in [6.45, 7) is 0. The molecule has 2 fully saturated rings. The van der Waals surface area contributed by atoms with Crippen molar-refractivity contribution in [2.75, 3.05) is 21.3 Å². The van der Waals surface area contributed by atoms with Crippen LogP contribution in [0.2, 0.25) is 0 Å². The number of nitrogens with zero attached hydrogens (tertiary/aromatic N) is 1. The number of carbonyl (C=O) groups excluding carboxylic acids is 2. The highest BCUT2D eigenvalue weighted by molar-refractivity contribution is 6.09. The minimum Gasteiger partial charge on any atom is -0.493 e. The molecule has 2 unspecified atom stereocenters. The van der Waals surface area contributed by atoms with Crippen molar-refractivity contribution in [1.29, 1.82) is 0 Å². The fraction of sp³-hybridized carbons (Fsp3) is 0.429. The van der Waals surface area contributed by atoms with Crippen LogP contribution in [0.15, 0.2) is 18.2 Å². The van der Waals surface area contributed by atoms with Crippen LogP contribution in [0, 0.1) is 0 Å². The Morgan fingerprint density at radius 3 is 2.50 bits per heavy atom. The zero-order valence-corrected chi connectivity index (χ0v) is 11.6. The van der Waals surface area contributed by atoms with E-state index >= 15 is 0 Å². The van der Waals surface area contributed by atoms with Crippen LogP contribution in [0.5, 0.6) is 11.5 Å². The second kappa shape index (κ2) is 4.13. The van der Waals surface area contributed by atoms with Crippen molar-refractivity contribution in [1.82, 2.24) is 10.2 Å². The predicted octanol–water partition coefficient (Wildman–Crippen LogP) is 1.11. The van der Waals surface area contributed by atoms with Crippen molar-refractivity contribution in [3.63, 3.8) is 0 Å². The van der Waals surface area contributed by atoms with Crippen LogP contribution in [0.25, 0.3) is 0 Å². The lowest BCUT2D eigenvalue weighted by atomic mass is 10.1. The molecule has 20 heavy (non-hydrogen) atoms. The standard InChI is InChI=1S/C14H16N2O4/c1-16-12(17)14(15-13(16)18)7-9(14)8-4-5-10(19-2)11(6-8)20-3/h4-6,9H,7H2,1-3H3,(H,15,18). The number of benzene rings is 1. The molecule has 1 aromatic carbocycles. The Labute approximate surface area is 116 Å². The number of hydrogen-bond donors (Lipinski definition) is 1. The van der Waals surface area contributed by atoms with Gasteiger partial charge in [0.2, 0.25) is 0 Å². The molecule has 0 aromatic heterocycles. The SMILES string of the molecule is COc1ccc(C2CC23NC(=O)N(C)C3=O)cc1OC. The Morgan fingerprint density at radius 1 is 1.25 bits per heavy atom. The van der Waals surface area contributed by atoms with Crippen molar-refractivity contribution in [2.24, 2.45) is 0 Å². The summed E-state index contributed by atoms with van der Waals surface area (Å²) in [5.74, 6) is 1.09. The number of hydrogen-bond acceptors (Lipinski definition) is 4. The number of amides is 3. The van der Waals surface area contributed by atoms with E-state index in [-0.39, 0.29) is 17.9 Å². The van der Waals surface area contributed by atoms with Crippen molar-refractivity contribution in [3.05, 3.63) is 23.8 Å². The predicted molar refractivity (Wildman–Crippen MR) is 70.9 cm³/mol. The molecule has 1 aromatic rings. The summed E-state index contributed by atoms with van der Waals surface area (Å²) >= 11 is 0. The third kappa shape index (κ3) is 1.57. The Hall–Kier alpha value is -2.24. The maximum absolute atomic E-state index is 12.1. The molecular formula is C14H16N2O4. The van der Waals surface area contributed by atoms with Gasteiger partial charge in [-0.1, -0.05) is 6.07 Å². The van der Waals surface area contributed by atoms with E-state index in [9.17, 15) is 9.59 Å². The van der Waals surface area contributed by atoms with E-state index in [1.165, 1.54) is 7.05 Å². The van der Waals surface area contributed by atoms with E-state index in [1.54, 1.807) is 14.2 Å². The smallest absolute Gasteiger partial charge is 0.324 e. The van der Waals surface area contributed by atoms with Gasteiger partial charge in [-0.25, -0.2) is 4.79 Å². The lowest BCUT2D eigenvalue weighted by Gasteiger charge is -2.11. The number of nitrogens with one attached hydrogen (secondary N) is 1. The minimum absolute atomic E-state index is 0.0105. The first-order chi connectivity index (χ1) is 9.53. The van der Waals surface area contributed by atoms with Gasteiger partial charge < -0.3 is 14.8 Å². The number of urea groups is 1. The molecule has 1 spiro atoms. The van der Waals surface area contributed by atoms with Gasteiger partial charge in [0.1, 0.15) is 5.54 Å². The second-order valence-electron chi connectivity index (χ2n) is 5.14. The lowest BCUT2D eigenvalue weighted by molar-refractivity contribution is -0.127. The largest absolute Gasteiger partial charge is 0.493 e. The van der Waals surface area contributed by atoms with E-state index in [0.717, 1.165) is 10.5 Å². The molecule has 0 bridgehead atoms. The zero-order valence-electron chi connectivity index (χ0n) is 11.6. The maximum Gasteiger partial charge on any atom is 0.324 e. The monoisotopic (exact) mass is 276 g/mol. The lowest BCUT2D eigenvalue weighted by Crippen LogP contribution is -2.33. The van der Waals surface area contributed by atoms with Crippen molar-refractivity contribution in [2.45, 2.75) is 17.9 Å². The summed E-state index contributed by atoms with van der Waals surface area (Å²) in [6, 6.07) is 5.23. The molecule has 2 aliphatic rings. The highest BCUT2D eigenvalue weighted by Crippen LogP contribution is 2.55. The van der Waals surface area contributed by atoms with Gasteiger partial charge in [-0.05, 0) is 24.1 Å². The topological polar surface area (TPSA) is 67.9 Å². The summed E-state index contributed by atoms with van der Waals surface area (Å²) in [4.78, 5) is 24.9. The highest BCUT2D eigenvalue weighted by atomic mass is 16.5. The molecule has 3 amide bonds. The number of likely N-dealkylation sites (N-methyl/N-ethyl adjacent to an activating group) is 1. The second-order valence-corrected chi connectivity index (χ2v) is 5.14. The maximum atomic E-state index is 12.1. The molecule has 6 nitrogen and oxygen atoms in total. The van der Waals surface area contributed by atoms with Crippen molar-refractivity contribution >= 4 is 11.9 Å². The number of carbonyl (C=O) groups is 2. The first-order valence-electron chi connectivity index (χ1n) is 6.35. The fourth-order valence-corrected chi connectivity index (χ4v) is 2.83. The van der Waals surface area contributed by atoms with Crippen molar-refractivity contribution in [3.8, 4) is 11.5 Å². The Balaban J connectivity index is 1.90. The van der Waals surface area contributed by atoms with Gasteiger partial charge in [-0.2, -0.15) is 0 Å². The van der Waals surface area contributed by atoms with Crippen LogP contribution in [0.3, 0.4) is 0 Å². The van der Waals surface area contributed by atoms with E-state index in [4.69, 9.17) is 9.47 Å². The van der Waals surface area contributed by atoms with Crippen molar-refractivity contribution < 1.29 is 19.1 Å². The van der Waals surface area contributed by atoms with Crippen LogP contribution in [0.1, 0.15) is 17.9 Å². The number of methoxy groups -OCH3 is 2. The Bertz CT molecular complexity index is 601. The molecule has 1 saturated heterocycles. The molecule has 1 saturated carbocycles. The van der Waals surface area contributed by atoms with E-state index in [1.807, 2.05) is 18.2 Å². The normalized spacial score (nSPS) is 27.8. The number of ether oxygens (including phenoxy) is 2. The molecule has 106 valence electrons. The average molecular weight is 276 g/mol. The first kappa shape index (κ1) is 12.8. The van der Waals surface area contributed by atoms with Crippen LogP contribution >= 0.6 is 0 Å². The van der Waals surface area contributed by atoms with Gasteiger partial charge in [-0.15, -0.1) is 0 Å². The highest BCUT2D eigenvalue weighted by Gasteiger charge is 2.67. The minimum atomic E-state index is -0.758. The van der Waals surface area contributed by atoms with Crippen LogP contribution in [0.4, 0.5) is 4.79 Å². The van der Waals surface area contributed by atoms with Gasteiger partial charge in [-0.3, -0.25) is 9.69 Å². The summed E-state index contributed by atoms with van der Waals surface area (Å²) in [6.07, 6.45) is 0.622. The van der Waals surface area contributed by atoms with Crippen LogP contribution < -0.4 is 14.8 Å². The zero-order chi connectivity index (χ0) is 14.5. The third-order valence-electron chi connectivity index (χ3n) is 4.09. The molecular weight excluding hydrogens is 260 g/mol. The Kier molecular flexibility index (Phi) is 2.64. The molecule has 1 aliphatic heterocycles. The van der Waals surface area contributed by atoms with E-state index < -0.39 is 5.54 Å². The van der Waals surface area contributed by atoms with Crippen LogP contribution in [-0.4, -0.2) is 43.6 Å². The van der Waals surface area contributed by atoms with Gasteiger partial charge in [0.15, 0.2) is 11.5 Å². The fourth-order valence-electron chi connectivity index (χ4n) is 2.83. The molecule has 3 rings (SSSR count). The van der Waals surface area contributed by atoms with Gasteiger partial charge in [0, 0.05) is 13.0 Å². The summed E-state index contributed by atoms with van der Waals surface area (Å²) in [7, 11) is 4.64. The first-order valence-corrected chi connectivity index (χ1v) is 6.35. The average Bonchev–Trinajstić information content (AvgIpc) is 3.15. The summed E-state index contributed by atoms with van der Waals surface area (Å²) < 4.78 is 10.5. The Morgan fingerprint density at radius 2 is 1.95 bits per heavy atom.